The summed E-state index contributed by atoms with van der Waals surface area (Å²) in [7, 11) is 0. The van der Waals surface area contributed by atoms with Gasteiger partial charge in [-0.3, -0.25) is 0 Å². The van der Waals surface area contributed by atoms with E-state index in [2.05, 4.69) is 43.5 Å². The molecule has 0 aliphatic carbocycles. The summed E-state index contributed by atoms with van der Waals surface area (Å²) in [5.41, 5.74) is 7.18. The number of halogens is 2. The Labute approximate surface area is 109 Å². The van der Waals surface area contributed by atoms with Crippen molar-refractivity contribution in [1.82, 2.24) is 4.98 Å². The summed E-state index contributed by atoms with van der Waals surface area (Å²) in [6.45, 7) is 0.394. The molecule has 0 aliphatic rings. The van der Waals surface area contributed by atoms with Gasteiger partial charge in [-0.15, -0.1) is 0 Å². The minimum Gasteiger partial charge on any atom is -0.444 e. The average Bonchev–Trinajstić information content (AvgIpc) is 2.70. The summed E-state index contributed by atoms with van der Waals surface area (Å²) in [5.74, 6) is 0.598. The highest BCUT2D eigenvalue weighted by atomic mass is 127. The molecular weight excluding hydrogens is 371 g/mol. The smallest absolute Gasteiger partial charge is 0.227 e. The Morgan fingerprint density at radius 2 is 2.27 bits per heavy atom. The molecule has 0 atom stereocenters. The molecule has 1 aromatic carbocycles. The summed E-state index contributed by atoms with van der Waals surface area (Å²) in [5, 5.41) is 0. The van der Waals surface area contributed by atoms with E-state index in [9.17, 15) is 0 Å². The van der Waals surface area contributed by atoms with Gasteiger partial charge in [0.2, 0.25) is 5.89 Å². The lowest BCUT2D eigenvalue weighted by molar-refractivity contribution is 0.572. The zero-order valence-electron chi connectivity index (χ0n) is 7.71. The molecule has 0 aliphatic heterocycles. The van der Waals surface area contributed by atoms with Crippen LogP contribution in [0.25, 0.3) is 11.5 Å². The third-order valence-corrected chi connectivity index (χ3v) is 3.28. The molecule has 2 aromatic rings. The van der Waals surface area contributed by atoms with E-state index in [1.54, 1.807) is 6.26 Å². The van der Waals surface area contributed by atoms with Crippen LogP contribution >= 0.6 is 38.5 Å². The Morgan fingerprint density at radius 3 is 2.93 bits per heavy atom. The van der Waals surface area contributed by atoms with Gasteiger partial charge in [0, 0.05) is 14.6 Å². The number of rotatable bonds is 2. The molecule has 2 rings (SSSR count). The summed E-state index contributed by atoms with van der Waals surface area (Å²) in [6, 6.07) is 6.00. The molecule has 0 fully saturated rings. The molecule has 1 aromatic heterocycles. The Balaban J connectivity index is 2.48. The third-order valence-electron chi connectivity index (χ3n) is 1.92. The van der Waals surface area contributed by atoms with Crippen molar-refractivity contribution in [3.05, 3.63) is 38.2 Å². The molecular formula is C10H8BrIN2O. The minimum absolute atomic E-state index is 0.394. The van der Waals surface area contributed by atoms with Gasteiger partial charge in [-0.25, -0.2) is 4.98 Å². The molecule has 15 heavy (non-hydrogen) atoms. The van der Waals surface area contributed by atoms with Crippen molar-refractivity contribution >= 4 is 38.5 Å². The predicted molar refractivity (Wildman–Crippen MR) is 70.2 cm³/mol. The lowest BCUT2D eigenvalue weighted by Gasteiger charge is -1.99. The van der Waals surface area contributed by atoms with Crippen LogP contribution in [0.15, 0.2) is 33.4 Å². The van der Waals surface area contributed by atoms with Gasteiger partial charge in [-0.2, -0.15) is 0 Å². The number of aromatic nitrogens is 1. The summed E-state index contributed by atoms with van der Waals surface area (Å²) >= 11 is 5.71. The van der Waals surface area contributed by atoms with E-state index in [0.29, 0.717) is 12.4 Å². The molecule has 0 saturated carbocycles. The molecule has 0 radical (unpaired) electrons. The van der Waals surface area contributed by atoms with Gasteiger partial charge >= 0.3 is 0 Å². The SMILES string of the molecule is NCc1coc(-c2cc(I)ccc2Br)n1. The van der Waals surface area contributed by atoms with Crippen LogP contribution in [-0.2, 0) is 6.54 Å². The molecule has 3 nitrogen and oxygen atoms in total. The Bertz CT molecular complexity index is 484. The van der Waals surface area contributed by atoms with Crippen molar-refractivity contribution in [2.45, 2.75) is 6.54 Å². The predicted octanol–water partition coefficient (Wildman–Crippen LogP) is 3.17. The average molecular weight is 379 g/mol. The van der Waals surface area contributed by atoms with Crippen molar-refractivity contribution < 1.29 is 4.42 Å². The van der Waals surface area contributed by atoms with Gasteiger partial charge in [-0.05, 0) is 56.7 Å². The molecule has 78 valence electrons. The minimum atomic E-state index is 0.394. The highest BCUT2D eigenvalue weighted by Crippen LogP contribution is 2.29. The molecule has 0 bridgehead atoms. The number of hydrogen-bond donors (Lipinski definition) is 1. The van der Waals surface area contributed by atoms with Gasteiger partial charge in [0.15, 0.2) is 0 Å². The number of hydrogen-bond acceptors (Lipinski definition) is 3. The van der Waals surface area contributed by atoms with E-state index < -0.39 is 0 Å². The topological polar surface area (TPSA) is 52.0 Å². The van der Waals surface area contributed by atoms with Gasteiger partial charge < -0.3 is 10.2 Å². The normalized spacial score (nSPS) is 10.6. The third kappa shape index (κ3) is 2.40. The molecule has 0 saturated heterocycles. The number of nitrogens with two attached hydrogens (primary N) is 1. The van der Waals surface area contributed by atoms with E-state index in [1.165, 1.54) is 0 Å². The zero-order chi connectivity index (χ0) is 10.8. The van der Waals surface area contributed by atoms with Crippen LogP contribution in [0.4, 0.5) is 0 Å². The van der Waals surface area contributed by atoms with Crippen LogP contribution in [0, 0.1) is 3.57 Å². The Morgan fingerprint density at radius 1 is 1.47 bits per heavy atom. The van der Waals surface area contributed by atoms with E-state index in [1.807, 2.05) is 18.2 Å². The fourth-order valence-corrected chi connectivity index (χ4v) is 2.09. The maximum Gasteiger partial charge on any atom is 0.227 e. The van der Waals surface area contributed by atoms with Crippen molar-refractivity contribution in [2.75, 3.05) is 0 Å². The summed E-state index contributed by atoms with van der Waals surface area (Å²) in [6.07, 6.45) is 1.58. The summed E-state index contributed by atoms with van der Waals surface area (Å²) < 4.78 is 7.46. The summed E-state index contributed by atoms with van der Waals surface area (Å²) in [4.78, 5) is 4.28. The lowest BCUT2D eigenvalue weighted by atomic mass is 10.2. The molecule has 1 heterocycles. The largest absolute Gasteiger partial charge is 0.444 e. The van der Waals surface area contributed by atoms with Crippen molar-refractivity contribution in [2.24, 2.45) is 5.73 Å². The zero-order valence-corrected chi connectivity index (χ0v) is 11.4. The number of benzene rings is 1. The molecule has 2 N–H and O–H groups in total. The second kappa shape index (κ2) is 4.63. The molecule has 0 spiro atoms. The fourth-order valence-electron chi connectivity index (χ4n) is 1.19. The monoisotopic (exact) mass is 378 g/mol. The second-order valence-corrected chi connectivity index (χ2v) is 5.07. The van der Waals surface area contributed by atoms with Gasteiger partial charge in [0.25, 0.3) is 0 Å². The van der Waals surface area contributed by atoms with Crippen LogP contribution in [0.2, 0.25) is 0 Å². The van der Waals surface area contributed by atoms with Gasteiger partial charge in [-0.1, -0.05) is 0 Å². The number of oxazole rings is 1. The standard InChI is InChI=1S/C10H8BrIN2O/c11-9-2-1-6(12)3-8(9)10-14-7(4-13)5-15-10/h1-3,5H,4,13H2. The fraction of sp³-hybridized carbons (Fsp3) is 0.100. The number of nitrogens with zero attached hydrogens (tertiary/aromatic N) is 1. The molecule has 0 unspecified atom stereocenters. The first kappa shape index (κ1) is 11.1. The van der Waals surface area contributed by atoms with Crippen LogP contribution in [0.1, 0.15) is 5.69 Å². The highest BCUT2D eigenvalue weighted by Gasteiger charge is 2.09. The maximum absolute atomic E-state index is 5.47. The van der Waals surface area contributed by atoms with Crippen LogP contribution in [0.5, 0.6) is 0 Å². The Kier molecular flexibility index (Phi) is 3.42. The first-order chi connectivity index (χ1) is 7.20. The molecule has 5 heteroatoms. The van der Waals surface area contributed by atoms with E-state index in [0.717, 1.165) is 19.3 Å². The second-order valence-electron chi connectivity index (χ2n) is 2.97. The van der Waals surface area contributed by atoms with Crippen molar-refractivity contribution in [1.29, 1.82) is 0 Å². The van der Waals surface area contributed by atoms with Crippen molar-refractivity contribution in [3.8, 4) is 11.5 Å². The van der Waals surface area contributed by atoms with Crippen molar-refractivity contribution in [3.63, 3.8) is 0 Å². The quantitative estimate of drug-likeness (QED) is 0.816. The first-order valence-corrected chi connectivity index (χ1v) is 6.18. The van der Waals surface area contributed by atoms with Gasteiger partial charge in [0.05, 0.1) is 11.3 Å². The maximum atomic E-state index is 5.47. The van der Waals surface area contributed by atoms with E-state index >= 15 is 0 Å². The lowest BCUT2D eigenvalue weighted by Crippen LogP contribution is -1.95. The first-order valence-electron chi connectivity index (χ1n) is 4.30. The van der Waals surface area contributed by atoms with Gasteiger partial charge in [0.1, 0.15) is 6.26 Å². The van der Waals surface area contributed by atoms with Crippen LogP contribution in [-0.4, -0.2) is 4.98 Å². The van der Waals surface area contributed by atoms with E-state index in [-0.39, 0.29) is 0 Å². The van der Waals surface area contributed by atoms with Crippen LogP contribution in [0.3, 0.4) is 0 Å². The van der Waals surface area contributed by atoms with Crippen LogP contribution < -0.4 is 5.73 Å². The highest BCUT2D eigenvalue weighted by molar-refractivity contribution is 14.1. The molecule has 0 amide bonds. The van der Waals surface area contributed by atoms with E-state index in [4.69, 9.17) is 10.2 Å². The Hall–Kier alpha value is -0.400.